The van der Waals surface area contributed by atoms with Crippen molar-refractivity contribution in [1.82, 2.24) is 9.55 Å². The predicted octanol–water partition coefficient (Wildman–Crippen LogP) is 1.75. The van der Waals surface area contributed by atoms with Gasteiger partial charge in [0.1, 0.15) is 11.7 Å². The molecule has 6 heteroatoms. The van der Waals surface area contributed by atoms with E-state index in [9.17, 15) is 0 Å². The summed E-state index contributed by atoms with van der Waals surface area (Å²) in [6.45, 7) is 0.656. The summed E-state index contributed by atoms with van der Waals surface area (Å²) in [5.41, 5.74) is 5.43. The summed E-state index contributed by atoms with van der Waals surface area (Å²) in [5, 5.41) is 13.4. The van der Waals surface area contributed by atoms with Crippen molar-refractivity contribution in [2.45, 2.75) is 13.0 Å². The number of oxime groups is 1. The van der Waals surface area contributed by atoms with Crippen molar-refractivity contribution in [2.24, 2.45) is 10.9 Å². The zero-order valence-electron chi connectivity index (χ0n) is 8.58. The molecule has 0 aromatic carbocycles. The van der Waals surface area contributed by atoms with Crippen LogP contribution in [-0.2, 0) is 6.54 Å². The molecule has 0 spiro atoms. The standard InChI is InChI=1S/C10H12N4OS/c11-9(13-15)3-5-14-6-4-12-10(14)8-2-1-7-16-8/h1-2,4,6-7,15H,3,5H2,(H2,11,13). The van der Waals surface area contributed by atoms with Crippen LogP contribution in [0.1, 0.15) is 6.42 Å². The van der Waals surface area contributed by atoms with Crippen molar-refractivity contribution in [3.05, 3.63) is 29.9 Å². The van der Waals surface area contributed by atoms with Crippen LogP contribution in [0.15, 0.2) is 35.1 Å². The van der Waals surface area contributed by atoms with Crippen LogP contribution in [0.5, 0.6) is 0 Å². The van der Waals surface area contributed by atoms with Crippen LogP contribution in [0.4, 0.5) is 0 Å². The summed E-state index contributed by atoms with van der Waals surface area (Å²) in [4.78, 5) is 5.41. The summed E-state index contributed by atoms with van der Waals surface area (Å²) in [7, 11) is 0. The first-order valence-electron chi connectivity index (χ1n) is 4.82. The molecule has 0 fully saturated rings. The maximum Gasteiger partial charge on any atom is 0.149 e. The number of hydrogen-bond acceptors (Lipinski definition) is 4. The third-order valence-electron chi connectivity index (χ3n) is 2.19. The fraction of sp³-hybridized carbons (Fsp3) is 0.200. The number of nitrogens with two attached hydrogens (primary N) is 1. The summed E-state index contributed by atoms with van der Waals surface area (Å²) in [6.07, 6.45) is 4.15. The number of thiophene rings is 1. The number of aromatic nitrogens is 2. The van der Waals surface area contributed by atoms with Crippen LogP contribution in [0.2, 0.25) is 0 Å². The van der Waals surface area contributed by atoms with Crippen molar-refractivity contribution in [3.8, 4) is 10.7 Å². The van der Waals surface area contributed by atoms with Gasteiger partial charge in [0.15, 0.2) is 0 Å². The Labute approximate surface area is 96.8 Å². The second-order valence-electron chi connectivity index (χ2n) is 3.26. The van der Waals surface area contributed by atoms with E-state index in [0.717, 1.165) is 10.7 Å². The van der Waals surface area contributed by atoms with E-state index >= 15 is 0 Å². The average Bonchev–Trinajstić information content (AvgIpc) is 2.95. The van der Waals surface area contributed by atoms with Gasteiger partial charge in [-0.15, -0.1) is 11.3 Å². The molecule has 2 aromatic heterocycles. The van der Waals surface area contributed by atoms with Crippen LogP contribution < -0.4 is 5.73 Å². The Morgan fingerprint density at radius 2 is 2.50 bits per heavy atom. The van der Waals surface area contributed by atoms with E-state index in [1.165, 1.54) is 0 Å². The van der Waals surface area contributed by atoms with Gasteiger partial charge in [0, 0.05) is 25.4 Å². The first kappa shape index (κ1) is 10.7. The molecule has 0 unspecified atom stereocenters. The Morgan fingerprint density at radius 1 is 1.62 bits per heavy atom. The highest BCUT2D eigenvalue weighted by molar-refractivity contribution is 7.13. The van der Waals surface area contributed by atoms with Crippen molar-refractivity contribution in [1.29, 1.82) is 0 Å². The average molecular weight is 236 g/mol. The van der Waals surface area contributed by atoms with Gasteiger partial charge in [-0.05, 0) is 11.4 Å². The van der Waals surface area contributed by atoms with Crippen molar-refractivity contribution < 1.29 is 5.21 Å². The lowest BCUT2D eigenvalue weighted by atomic mass is 10.3. The van der Waals surface area contributed by atoms with Crippen LogP contribution >= 0.6 is 11.3 Å². The van der Waals surface area contributed by atoms with E-state index < -0.39 is 0 Å². The molecule has 0 aliphatic rings. The van der Waals surface area contributed by atoms with Gasteiger partial charge in [-0.25, -0.2) is 4.98 Å². The maximum atomic E-state index is 8.46. The molecule has 2 heterocycles. The van der Waals surface area contributed by atoms with E-state index in [1.807, 2.05) is 28.3 Å². The lowest BCUT2D eigenvalue weighted by molar-refractivity contribution is 0.316. The third-order valence-corrected chi connectivity index (χ3v) is 3.06. The van der Waals surface area contributed by atoms with Crippen molar-refractivity contribution >= 4 is 17.2 Å². The molecule has 0 bridgehead atoms. The van der Waals surface area contributed by atoms with E-state index in [-0.39, 0.29) is 5.84 Å². The van der Waals surface area contributed by atoms with Gasteiger partial charge >= 0.3 is 0 Å². The number of aryl methyl sites for hydroxylation is 1. The molecule has 0 amide bonds. The predicted molar refractivity (Wildman–Crippen MR) is 63.6 cm³/mol. The van der Waals surface area contributed by atoms with Crippen LogP contribution in [0.25, 0.3) is 10.7 Å². The maximum absolute atomic E-state index is 8.46. The highest BCUT2D eigenvalue weighted by atomic mass is 32.1. The Balaban J connectivity index is 2.14. The minimum atomic E-state index is 0.228. The molecule has 0 atom stereocenters. The van der Waals surface area contributed by atoms with Gasteiger partial charge in [-0.3, -0.25) is 0 Å². The molecule has 2 rings (SSSR count). The van der Waals surface area contributed by atoms with Crippen LogP contribution in [0, 0.1) is 0 Å². The first-order chi connectivity index (χ1) is 7.81. The summed E-state index contributed by atoms with van der Waals surface area (Å²) < 4.78 is 1.99. The van der Waals surface area contributed by atoms with Crippen molar-refractivity contribution in [3.63, 3.8) is 0 Å². The second-order valence-corrected chi connectivity index (χ2v) is 4.21. The number of rotatable bonds is 4. The molecule has 0 saturated carbocycles. The molecule has 5 nitrogen and oxygen atoms in total. The largest absolute Gasteiger partial charge is 0.409 e. The monoisotopic (exact) mass is 236 g/mol. The molecule has 0 radical (unpaired) electrons. The number of hydrogen-bond donors (Lipinski definition) is 2. The Bertz CT molecular complexity index is 475. The van der Waals surface area contributed by atoms with Crippen LogP contribution in [0.3, 0.4) is 0 Å². The molecule has 3 N–H and O–H groups in total. The lowest BCUT2D eigenvalue weighted by Gasteiger charge is -2.05. The number of amidine groups is 1. The molecule has 16 heavy (non-hydrogen) atoms. The topological polar surface area (TPSA) is 76.4 Å². The van der Waals surface area contributed by atoms with E-state index in [1.54, 1.807) is 17.5 Å². The number of nitrogens with zero attached hydrogens (tertiary/aromatic N) is 3. The third kappa shape index (κ3) is 2.22. The van der Waals surface area contributed by atoms with E-state index in [0.29, 0.717) is 13.0 Å². The summed E-state index contributed by atoms with van der Waals surface area (Å²) >= 11 is 1.64. The second kappa shape index (κ2) is 4.80. The van der Waals surface area contributed by atoms with Gasteiger partial charge in [-0.1, -0.05) is 11.2 Å². The molecule has 0 saturated heterocycles. The minimum Gasteiger partial charge on any atom is -0.409 e. The van der Waals surface area contributed by atoms with Gasteiger partial charge in [0.25, 0.3) is 0 Å². The van der Waals surface area contributed by atoms with Gasteiger partial charge in [0.2, 0.25) is 0 Å². The van der Waals surface area contributed by atoms with Gasteiger partial charge < -0.3 is 15.5 Å². The lowest BCUT2D eigenvalue weighted by Crippen LogP contribution is -2.14. The van der Waals surface area contributed by atoms with Gasteiger partial charge in [0.05, 0.1) is 4.88 Å². The quantitative estimate of drug-likeness (QED) is 0.367. The fourth-order valence-corrected chi connectivity index (χ4v) is 2.14. The van der Waals surface area contributed by atoms with Gasteiger partial charge in [-0.2, -0.15) is 0 Å². The fourth-order valence-electron chi connectivity index (χ4n) is 1.41. The molecule has 0 aliphatic heterocycles. The van der Waals surface area contributed by atoms with Crippen molar-refractivity contribution in [2.75, 3.05) is 0 Å². The van der Waals surface area contributed by atoms with E-state index in [2.05, 4.69) is 10.1 Å². The number of imidazole rings is 1. The molecule has 2 aromatic rings. The smallest absolute Gasteiger partial charge is 0.149 e. The summed E-state index contributed by atoms with van der Waals surface area (Å²) in [6, 6.07) is 4.01. The SMILES string of the molecule is NC(CCn1ccnc1-c1cccs1)=NO. The Morgan fingerprint density at radius 3 is 3.19 bits per heavy atom. The van der Waals surface area contributed by atoms with Crippen LogP contribution in [-0.4, -0.2) is 20.6 Å². The Hall–Kier alpha value is -1.82. The normalized spacial score (nSPS) is 11.9. The highest BCUT2D eigenvalue weighted by Gasteiger charge is 2.06. The molecular weight excluding hydrogens is 224 g/mol. The zero-order chi connectivity index (χ0) is 11.4. The zero-order valence-corrected chi connectivity index (χ0v) is 9.39. The Kier molecular flexibility index (Phi) is 3.21. The molecular formula is C10H12N4OS. The minimum absolute atomic E-state index is 0.228. The van der Waals surface area contributed by atoms with E-state index in [4.69, 9.17) is 10.9 Å². The summed E-state index contributed by atoms with van der Waals surface area (Å²) in [5.74, 6) is 1.14. The molecule has 84 valence electrons. The molecule has 0 aliphatic carbocycles. The first-order valence-corrected chi connectivity index (χ1v) is 5.70. The highest BCUT2D eigenvalue weighted by Crippen LogP contribution is 2.22.